The summed E-state index contributed by atoms with van der Waals surface area (Å²) in [7, 11) is 0. The van der Waals surface area contributed by atoms with Gasteiger partial charge in [0.05, 0.1) is 11.3 Å². The highest BCUT2D eigenvalue weighted by Gasteiger charge is 2.23. The molecule has 0 unspecified atom stereocenters. The van der Waals surface area contributed by atoms with E-state index in [0.717, 1.165) is 40.9 Å². The number of hydrogen-bond acceptors (Lipinski definition) is 3. The van der Waals surface area contributed by atoms with E-state index in [1.54, 1.807) is 0 Å². The standard InChI is InChI=1S/C28H26N2O2S/c1-19-8-2-3-9-22(19)28(32)29-20-14-16-21(17-15-20)33-18-27(31)30-25-12-6-4-10-23(25)24-11-5-7-13-26(24)30/h2-4,6,8-10,12,14-17H,5,7,11,13,18H2,1H3,(H,29,32). The van der Waals surface area contributed by atoms with Crippen molar-refractivity contribution in [2.24, 2.45) is 0 Å². The van der Waals surface area contributed by atoms with Gasteiger partial charge in [-0.15, -0.1) is 11.8 Å². The van der Waals surface area contributed by atoms with E-state index in [9.17, 15) is 9.59 Å². The molecule has 0 fully saturated rings. The van der Waals surface area contributed by atoms with Crippen LogP contribution < -0.4 is 5.32 Å². The van der Waals surface area contributed by atoms with Crippen LogP contribution in [0.5, 0.6) is 0 Å². The molecule has 1 aromatic heterocycles. The summed E-state index contributed by atoms with van der Waals surface area (Å²) in [6.07, 6.45) is 4.35. The second kappa shape index (κ2) is 9.28. The van der Waals surface area contributed by atoms with Gasteiger partial charge < -0.3 is 5.32 Å². The Kier molecular flexibility index (Phi) is 6.05. The zero-order chi connectivity index (χ0) is 22.8. The Bertz CT molecular complexity index is 1340. The molecule has 0 saturated heterocycles. The van der Waals surface area contributed by atoms with Crippen LogP contribution in [-0.4, -0.2) is 22.1 Å². The summed E-state index contributed by atoms with van der Waals surface area (Å²) < 4.78 is 1.95. The Labute approximate surface area is 198 Å². The van der Waals surface area contributed by atoms with Crippen molar-refractivity contribution in [3.63, 3.8) is 0 Å². The highest BCUT2D eigenvalue weighted by molar-refractivity contribution is 8.00. The van der Waals surface area contributed by atoms with E-state index in [2.05, 4.69) is 23.5 Å². The van der Waals surface area contributed by atoms with E-state index in [1.807, 2.05) is 66.1 Å². The van der Waals surface area contributed by atoms with Gasteiger partial charge in [-0.1, -0.05) is 36.4 Å². The van der Waals surface area contributed by atoms with Gasteiger partial charge in [0, 0.05) is 27.2 Å². The number of thioether (sulfide) groups is 1. The Morgan fingerprint density at radius 2 is 1.64 bits per heavy atom. The van der Waals surface area contributed by atoms with Gasteiger partial charge in [-0.2, -0.15) is 0 Å². The Hall–Kier alpha value is -3.31. The van der Waals surface area contributed by atoms with Crippen LogP contribution in [0.2, 0.25) is 0 Å². The lowest BCUT2D eigenvalue weighted by atomic mass is 9.96. The Balaban J connectivity index is 1.27. The molecule has 3 aromatic carbocycles. The van der Waals surface area contributed by atoms with E-state index < -0.39 is 0 Å². The van der Waals surface area contributed by atoms with Crippen molar-refractivity contribution in [2.45, 2.75) is 37.5 Å². The van der Waals surface area contributed by atoms with Crippen LogP contribution in [0, 0.1) is 6.92 Å². The van der Waals surface area contributed by atoms with Gasteiger partial charge in [0.25, 0.3) is 5.91 Å². The number of nitrogens with one attached hydrogen (secondary N) is 1. The highest BCUT2D eigenvalue weighted by atomic mass is 32.2. The maximum Gasteiger partial charge on any atom is 0.255 e. The Morgan fingerprint density at radius 1 is 0.909 bits per heavy atom. The zero-order valence-corrected chi connectivity index (χ0v) is 19.5. The van der Waals surface area contributed by atoms with E-state index in [0.29, 0.717) is 11.3 Å². The van der Waals surface area contributed by atoms with Crippen molar-refractivity contribution in [3.05, 3.63) is 95.2 Å². The summed E-state index contributed by atoms with van der Waals surface area (Å²) in [4.78, 5) is 26.8. The van der Waals surface area contributed by atoms with Crippen LogP contribution in [-0.2, 0) is 12.8 Å². The van der Waals surface area contributed by atoms with Crippen molar-refractivity contribution >= 4 is 40.2 Å². The van der Waals surface area contributed by atoms with Crippen molar-refractivity contribution in [3.8, 4) is 0 Å². The predicted molar refractivity (Wildman–Crippen MR) is 136 cm³/mol. The molecule has 1 aliphatic carbocycles. The van der Waals surface area contributed by atoms with Gasteiger partial charge in [0.15, 0.2) is 0 Å². The Morgan fingerprint density at radius 3 is 2.45 bits per heavy atom. The first-order valence-electron chi connectivity index (χ1n) is 11.4. The lowest BCUT2D eigenvalue weighted by molar-refractivity contribution is 0.0942. The minimum absolute atomic E-state index is 0.118. The fraction of sp³-hybridized carbons (Fsp3) is 0.214. The second-order valence-corrected chi connectivity index (χ2v) is 9.51. The number of hydrogen-bond donors (Lipinski definition) is 1. The first-order chi connectivity index (χ1) is 16.1. The smallest absolute Gasteiger partial charge is 0.255 e. The van der Waals surface area contributed by atoms with Gasteiger partial charge in [0.2, 0.25) is 5.91 Å². The molecular weight excluding hydrogens is 428 g/mol. The highest BCUT2D eigenvalue weighted by Crippen LogP contribution is 2.32. The average Bonchev–Trinajstić information content (AvgIpc) is 3.18. The van der Waals surface area contributed by atoms with E-state index in [-0.39, 0.29) is 11.8 Å². The minimum atomic E-state index is -0.118. The van der Waals surface area contributed by atoms with Crippen molar-refractivity contribution in [1.82, 2.24) is 4.57 Å². The molecule has 0 radical (unpaired) electrons. The van der Waals surface area contributed by atoms with Crippen molar-refractivity contribution in [1.29, 1.82) is 0 Å². The van der Waals surface area contributed by atoms with Gasteiger partial charge in [-0.05, 0) is 80.1 Å². The molecule has 166 valence electrons. The molecule has 4 nitrogen and oxygen atoms in total. The summed E-state index contributed by atoms with van der Waals surface area (Å²) in [6.45, 7) is 1.93. The number of benzene rings is 3. The maximum atomic E-state index is 13.3. The summed E-state index contributed by atoms with van der Waals surface area (Å²) in [5.74, 6) is 0.379. The summed E-state index contributed by atoms with van der Waals surface area (Å²) in [5, 5.41) is 4.17. The number of amides is 1. The van der Waals surface area contributed by atoms with Crippen molar-refractivity contribution in [2.75, 3.05) is 11.1 Å². The van der Waals surface area contributed by atoms with E-state index in [4.69, 9.17) is 0 Å². The zero-order valence-electron chi connectivity index (χ0n) is 18.6. The molecule has 33 heavy (non-hydrogen) atoms. The van der Waals surface area contributed by atoms with Crippen LogP contribution in [0.1, 0.15) is 44.8 Å². The lowest BCUT2D eigenvalue weighted by Crippen LogP contribution is -2.18. The third-order valence-electron chi connectivity index (χ3n) is 6.29. The molecule has 1 heterocycles. The largest absolute Gasteiger partial charge is 0.322 e. The molecule has 4 aromatic rings. The van der Waals surface area contributed by atoms with Crippen LogP contribution in [0.15, 0.2) is 77.7 Å². The molecule has 1 amide bonds. The van der Waals surface area contributed by atoms with Crippen LogP contribution >= 0.6 is 11.8 Å². The fourth-order valence-corrected chi connectivity index (χ4v) is 5.40. The molecule has 5 heteroatoms. The third-order valence-corrected chi connectivity index (χ3v) is 7.29. The molecule has 0 aliphatic heterocycles. The number of aryl methyl sites for hydroxylation is 2. The number of anilines is 1. The molecule has 0 atom stereocenters. The fourth-order valence-electron chi connectivity index (χ4n) is 4.65. The van der Waals surface area contributed by atoms with Gasteiger partial charge in [0.1, 0.15) is 0 Å². The summed E-state index contributed by atoms with van der Waals surface area (Å²) >= 11 is 1.53. The quantitative estimate of drug-likeness (QED) is 0.350. The lowest BCUT2D eigenvalue weighted by Gasteiger charge is -2.15. The first kappa shape index (κ1) is 21.5. The second-order valence-electron chi connectivity index (χ2n) is 8.46. The number of rotatable bonds is 5. The average molecular weight is 455 g/mol. The molecular formula is C28H26N2O2S. The molecule has 0 saturated carbocycles. The first-order valence-corrected chi connectivity index (χ1v) is 12.3. The number of aromatic nitrogens is 1. The number of para-hydroxylation sites is 1. The molecule has 5 rings (SSSR count). The molecule has 1 aliphatic rings. The predicted octanol–water partition coefficient (Wildman–Crippen LogP) is 6.51. The van der Waals surface area contributed by atoms with E-state index in [1.165, 1.54) is 34.8 Å². The van der Waals surface area contributed by atoms with Crippen LogP contribution in [0.3, 0.4) is 0 Å². The van der Waals surface area contributed by atoms with Gasteiger partial charge in [-0.25, -0.2) is 0 Å². The summed E-state index contributed by atoms with van der Waals surface area (Å²) in [6, 6.07) is 23.5. The number of fused-ring (bicyclic) bond motifs is 3. The SMILES string of the molecule is Cc1ccccc1C(=O)Nc1ccc(SCC(=O)n2c3c(c4ccccc42)CCCC3)cc1. The topological polar surface area (TPSA) is 51.1 Å². The van der Waals surface area contributed by atoms with Crippen LogP contribution in [0.4, 0.5) is 5.69 Å². The number of carbonyl (C=O) groups excluding carboxylic acids is 2. The third kappa shape index (κ3) is 4.33. The number of carbonyl (C=O) groups is 2. The maximum absolute atomic E-state index is 13.3. The number of nitrogens with zero attached hydrogens (tertiary/aromatic N) is 1. The van der Waals surface area contributed by atoms with E-state index >= 15 is 0 Å². The van der Waals surface area contributed by atoms with Crippen LogP contribution in [0.25, 0.3) is 10.9 Å². The van der Waals surface area contributed by atoms with Gasteiger partial charge in [-0.3, -0.25) is 14.2 Å². The normalized spacial score (nSPS) is 13.0. The molecule has 0 bridgehead atoms. The van der Waals surface area contributed by atoms with Crippen molar-refractivity contribution < 1.29 is 9.59 Å². The minimum Gasteiger partial charge on any atom is -0.322 e. The molecule has 1 N–H and O–H groups in total. The summed E-state index contributed by atoms with van der Waals surface area (Å²) in [5.41, 5.74) is 5.93. The van der Waals surface area contributed by atoms with Gasteiger partial charge >= 0.3 is 0 Å². The molecule has 0 spiro atoms. The monoisotopic (exact) mass is 454 g/mol.